The molecule has 0 radical (unpaired) electrons. The van der Waals surface area contributed by atoms with E-state index >= 15 is 0 Å². The second-order valence-electron chi connectivity index (χ2n) is 4.70. The van der Waals surface area contributed by atoms with E-state index in [1.54, 1.807) is 16.5 Å². The number of fused-ring (bicyclic) bond motifs is 1. The molecular formula is C15H16BrNO4. The van der Waals surface area contributed by atoms with Crippen molar-refractivity contribution < 1.29 is 14.3 Å². The van der Waals surface area contributed by atoms with Crippen LogP contribution in [0.3, 0.4) is 0 Å². The molecule has 0 aliphatic heterocycles. The van der Waals surface area contributed by atoms with Crippen LogP contribution in [-0.2, 0) is 17.7 Å². The van der Waals surface area contributed by atoms with Crippen LogP contribution in [0.5, 0.6) is 0 Å². The fraction of sp³-hybridized carbons (Fsp3) is 0.400. The predicted octanol–water partition coefficient (Wildman–Crippen LogP) is 2.45. The summed E-state index contributed by atoms with van der Waals surface area (Å²) < 4.78 is 6.68. The minimum atomic E-state index is -0.680. The summed E-state index contributed by atoms with van der Waals surface area (Å²) in [6, 6.07) is 0. The number of hydrogen-bond donors (Lipinski definition) is 0. The van der Waals surface area contributed by atoms with Gasteiger partial charge in [-0.3, -0.25) is 9.59 Å². The normalized spacial score (nSPS) is 14.3. The average Bonchev–Trinajstić information content (AvgIpc) is 2.46. The van der Waals surface area contributed by atoms with Gasteiger partial charge in [-0.05, 0) is 24.8 Å². The lowest BCUT2D eigenvalue weighted by Gasteiger charge is -2.20. The maximum atomic E-state index is 12.4. The molecule has 0 spiro atoms. The van der Waals surface area contributed by atoms with Gasteiger partial charge < -0.3 is 9.30 Å². The van der Waals surface area contributed by atoms with E-state index < -0.39 is 11.4 Å². The molecule has 5 nitrogen and oxygen atoms in total. The summed E-state index contributed by atoms with van der Waals surface area (Å²) in [5.41, 5.74) is 0.269. The van der Waals surface area contributed by atoms with Gasteiger partial charge in [0.2, 0.25) is 5.43 Å². The van der Waals surface area contributed by atoms with E-state index in [4.69, 9.17) is 4.74 Å². The maximum Gasteiger partial charge on any atom is 0.343 e. The molecular weight excluding hydrogens is 338 g/mol. The van der Waals surface area contributed by atoms with E-state index in [0.29, 0.717) is 25.1 Å². The fourth-order valence-electron chi connectivity index (χ4n) is 2.47. The van der Waals surface area contributed by atoms with Crippen LogP contribution in [0.25, 0.3) is 0 Å². The van der Waals surface area contributed by atoms with Crippen LogP contribution in [0.1, 0.15) is 46.2 Å². The minimum Gasteiger partial charge on any atom is -0.462 e. The van der Waals surface area contributed by atoms with Crippen LogP contribution in [-0.4, -0.2) is 22.9 Å². The van der Waals surface area contributed by atoms with E-state index in [1.807, 2.05) is 6.08 Å². The molecule has 1 aromatic heterocycles. The van der Waals surface area contributed by atoms with Gasteiger partial charge in [0.25, 0.3) is 0 Å². The number of carbonyl (C=O) groups is 2. The largest absolute Gasteiger partial charge is 0.462 e. The first-order valence-electron chi connectivity index (χ1n) is 6.82. The average molecular weight is 354 g/mol. The number of aromatic nitrogens is 1. The number of rotatable bonds is 4. The quantitative estimate of drug-likeness (QED) is 0.779. The topological polar surface area (TPSA) is 65.4 Å². The molecule has 1 aromatic rings. The van der Waals surface area contributed by atoms with Crippen molar-refractivity contribution >= 4 is 27.7 Å². The number of nitrogens with zero attached hydrogens (tertiary/aromatic N) is 1. The van der Waals surface area contributed by atoms with Crippen molar-refractivity contribution in [3.8, 4) is 0 Å². The van der Waals surface area contributed by atoms with Gasteiger partial charge in [-0.25, -0.2) is 4.79 Å². The van der Waals surface area contributed by atoms with Gasteiger partial charge in [-0.15, -0.1) is 0 Å². The molecule has 0 aromatic carbocycles. The fourth-order valence-corrected chi connectivity index (χ4v) is 2.64. The highest BCUT2D eigenvalue weighted by Gasteiger charge is 2.27. The Hall–Kier alpha value is -1.69. The number of pyridine rings is 1. The number of allylic oxidation sites excluding steroid dienone is 1. The van der Waals surface area contributed by atoms with Crippen molar-refractivity contribution in [1.82, 2.24) is 4.57 Å². The molecule has 0 saturated carbocycles. The summed E-state index contributed by atoms with van der Waals surface area (Å²) in [6.07, 6.45) is 5.06. The zero-order valence-corrected chi connectivity index (χ0v) is 13.3. The first-order chi connectivity index (χ1) is 10.1. The lowest BCUT2D eigenvalue weighted by Crippen LogP contribution is -2.31. The zero-order valence-electron chi connectivity index (χ0n) is 11.7. The Labute approximate surface area is 130 Å². The van der Waals surface area contributed by atoms with Crippen molar-refractivity contribution in [2.45, 2.75) is 32.7 Å². The van der Waals surface area contributed by atoms with Gasteiger partial charge in [0.05, 0.1) is 12.2 Å². The van der Waals surface area contributed by atoms with Crippen molar-refractivity contribution in [1.29, 1.82) is 0 Å². The number of carbonyl (C=O) groups excluding carboxylic acids is 2. The number of hydrogen-bond acceptors (Lipinski definition) is 4. The number of ether oxygens (including phenoxy) is 1. The molecule has 21 heavy (non-hydrogen) atoms. The predicted molar refractivity (Wildman–Crippen MR) is 82.0 cm³/mol. The molecule has 0 atom stereocenters. The minimum absolute atomic E-state index is 0.0752. The maximum absolute atomic E-state index is 12.4. The van der Waals surface area contributed by atoms with E-state index in [9.17, 15) is 14.4 Å². The monoisotopic (exact) mass is 353 g/mol. The number of esters is 1. The number of Topliss-reactive ketones (excluding diaryl/α,β-unsaturated/α-hetero) is 1. The second-order valence-corrected chi connectivity index (χ2v) is 5.23. The first-order valence-corrected chi connectivity index (χ1v) is 7.73. The SMILES string of the molecule is CCOC(=O)c1cn(CC=CBr)c2c(c1=O)C(=O)CCC2. The molecule has 1 heterocycles. The number of halogens is 1. The van der Waals surface area contributed by atoms with Crippen molar-refractivity contribution in [2.24, 2.45) is 0 Å². The Balaban J connectivity index is 2.63. The third-order valence-electron chi connectivity index (χ3n) is 3.37. The Bertz CT molecular complexity index is 660. The van der Waals surface area contributed by atoms with Crippen LogP contribution < -0.4 is 5.43 Å². The summed E-state index contributed by atoms with van der Waals surface area (Å²) in [6.45, 7) is 2.34. The van der Waals surface area contributed by atoms with E-state index in [0.717, 1.165) is 6.42 Å². The standard InChI is InChI=1S/C15H16BrNO4/c1-2-21-15(20)10-9-17(8-4-7-16)11-5-3-6-12(18)13(11)14(10)19/h4,7,9H,2-3,5-6,8H2,1H3. The Morgan fingerprint density at radius 3 is 2.86 bits per heavy atom. The molecule has 0 unspecified atom stereocenters. The van der Waals surface area contributed by atoms with Crippen LogP contribution in [0, 0.1) is 0 Å². The van der Waals surface area contributed by atoms with Gasteiger partial charge in [0.1, 0.15) is 5.56 Å². The summed E-state index contributed by atoms with van der Waals surface area (Å²) in [5.74, 6) is -0.871. The first kappa shape index (κ1) is 15.7. The molecule has 6 heteroatoms. The van der Waals surface area contributed by atoms with E-state index in [2.05, 4.69) is 15.9 Å². The molecule has 0 bridgehead atoms. The molecule has 2 rings (SSSR count). The molecule has 0 saturated heterocycles. The molecule has 0 amide bonds. The molecule has 1 aliphatic carbocycles. The summed E-state index contributed by atoms with van der Waals surface area (Å²) in [4.78, 5) is 38.1. The van der Waals surface area contributed by atoms with E-state index in [-0.39, 0.29) is 23.5 Å². The second kappa shape index (κ2) is 6.85. The molecule has 1 aliphatic rings. The van der Waals surface area contributed by atoms with E-state index in [1.165, 1.54) is 6.20 Å². The van der Waals surface area contributed by atoms with Gasteiger partial charge in [-0.1, -0.05) is 22.0 Å². The van der Waals surface area contributed by atoms with Gasteiger partial charge in [-0.2, -0.15) is 0 Å². The smallest absolute Gasteiger partial charge is 0.343 e. The van der Waals surface area contributed by atoms with Crippen LogP contribution >= 0.6 is 15.9 Å². The van der Waals surface area contributed by atoms with Crippen LogP contribution in [0.15, 0.2) is 22.1 Å². The third kappa shape index (κ3) is 3.15. The Morgan fingerprint density at radius 1 is 1.43 bits per heavy atom. The third-order valence-corrected chi connectivity index (χ3v) is 3.75. The Kier molecular flexibility index (Phi) is 5.12. The highest BCUT2D eigenvalue weighted by atomic mass is 79.9. The van der Waals surface area contributed by atoms with Gasteiger partial charge in [0, 0.05) is 24.9 Å². The highest BCUT2D eigenvalue weighted by Crippen LogP contribution is 2.20. The summed E-state index contributed by atoms with van der Waals surface area (Å²) >= 11 is 3.19. The van der Waals surface area contributed by atoms with Crippen molar-refractivity contribution in [2.75, 3.05) is 6.61 Å². The summed E-state index contributed by atoms with van der Waals surface area (Å²) in [7, 11) is 0. The molecule has 112 valence electrons. The van der Waals surface area contributed by atoms with Gasteiger partial charge in [0.15, 0.2) is 5.78 Å². The molecule has 0 fully saturated rings. The lowest BCUT2D eigenvalue weighted by molar-refractivity contribution is 0.0523. The molecule has 0 N–H and O–H groups in total. The van der Waals surface area contributed by atoms with Crippen molar-refractivity contribution in [3.05, 3.63) is 44.3 Å². The lowest BCUT2D eigenvalue weighted by atomic mass is 9.92. The van der Waals surface area contributed by atoms with Crippen LogP contribution in [0.4, 0.5) is 0 Å². The Morgan fingerprint density at radius 2 is 2.19 bits per heavy atom. The number of ketones is 1. The summed E-state index contributed by atoms with van der Waals surface area (Å²) in [5, 5.41) is 0. The van der Waals surface area contributed by atoms with Crippen LogP contribution in [0.2, 0.25) is 0 Å². The zero-order chi connectivity index (χ0) is 15.4. The van der Waals surface area contributed by atoms with Gasteiger partial charge >= 0.3 is 5.97 Å². The highest BCUT2D eigenvalue weighted by molar-refractivity contribution is 9.11. The van der Waals surface area contributed by atoms with Crippen molar-refractivity contribution in [3.63, 3.8) is 0 Å².